The van der Waals surface area contributed by atoms with Gasteiger partial charge >= 0.3 is 0 Å². The lowest BCUT2D eigenvalue weighted by Crippen LogP contribution is -2.12. The molecule has 1 saturated carbocycles. The highest BCUT2D eigenvalue weighted by molar-refractivity contribution is 5.84. The standard InChI is InChI=1S/C12H13FO2/c1-8-2-5-10(6-11(8)13)15-7-12(14)9-3-4-9/h2,5-6,9H,3-4,7H2,1H3. The minimum Gasteiger partial charge on any atom is -0.486 e. The summed E-state index contributed by atoms with van der Waals surface area (Å²) >= 11 is 0. The van der Waals surface area contributed by atoms with Gasteiger partial charge in [0.15, 0.2) is 5.78 Å². The lowest BCUT2D eigenvalue weighted by atomic mass is 10.2. The Bertz CT molecular complexity index is 383. The molecule has 80 valence electrons. The SMILES string of the molecule is Cc1ccc(OCC(=O)C2CC2)cc1F. The van der Waals surface area contributed by atoms with E-state index in [1.807, 2.05) is 0 Å². The van der Waals surface area contributed by atoms with Crippen molar-refractivity contribution in [3.63, 3.8) is 0 Å². The Morgan fingerprint density at radius 1 is 1.53 bits per heavy atom. The molecule has 3 heteroatoms. The van der Waals surface area contributed by atoms with E-state index in [9.17, 15) is 9.18 Å². The second kappa shape index (κ2) is 4.01. The van der Waals surface area contributed by atoms with Gasteiger partial charge in [0.05, 0.1) is 0 Å². The molecule has 0 N–H and O–H groups in total. The maximum Gasteiger partial charge on any atom is 0.173 e. The quantitative estimate of drug-likeness (QED) is 0.759. The number of Topliss-reactive ketones (excluding diaryl/α,β-unsaturated/α-hetero) is 1. The Balaban J connectivity index is 1.92. The predicted molar refractivity (Wildman–Crippen MR) is 54.4 cm³/mol. The monoisotopic (exact) mass is 208 g/mol. The molecule has 1 aromatic carbocycles. The van der Waals surface area contributed by atoms with Crippen molar-refractivity contribution >= 4 is 5.78 Å². The maximum atomic E-state index is 13.1. The highest BCUT2D eigenvalue weighted by Crippen LogP contribution is 2.30. The molecule has 0 atom stereocenters. The number of hydrogen-bond donors (Lipinski definition) is 0. The van der Waals surface area contributed by atoms with Gasteiger partial charge in [0.2, 0.25) is 0 Å². The van der Waals surface area contributed by atoms with Crippen LogP contribution in [-0.4, -0.2) is 12.4 Å². The van der Waals surface area contributed by atoms with Crippen molar-refractivity contribution in [3.8, 4) is 5.75 Å². The third kappa shape index (κ3) is 2.55. The number of aryl methyl sites for hydroxylation is 1. The highest BCUT2D eigenvalue weighted by Gasteiger charge is 2.29. The Morgan fingerprint density at radius 2 is 2.27 bits per heavy atom. The number of carbonyl (C=O) groups is 1. The molecule has 2 rings (SSSR count). The number of hydrogen-bond acceptors (Lipinski definition) is 2. The van der Waals surface area contributed by atoms with Crippen LogP contribution in [-0.2, 0) is 4.79 Å². The second-order valence-electron chi connectivity index (χ2n) is 3.94. The molecule has 0 unspecified atom stereocenters. The molecule has 0 amide bonds. The summed E-state index contributed by atoms with van der Waals surface area (Å²) in [7, 11) is 0. The summed E-state index contributed by atoms with van der Waals surface area (Å²) in [5.74, 6) is 0.440. The Morgan fingerprint density at radius 3 is 2.87 bits per heavy atom. The second-order valence-corrected chi connectivity index (χ2v) is 3.94. The highest BCUT2D eigenvalue weighted by atomic mass is 19.1. The number of halogens is 1. The van der Waals surface area contributed by atoms with Gasteiger partial charge in [0.25, 0.3) is 0 Å². The first-order valence-corrected chi connectivity index (χ1v) is 5.08. The third-order valence-corrected chi connectivity index (χ3v) is 2.56. The van der Waals surface area contributed by atoms with Crippen molar-refractivity contribution in [1.82, 2.24) is 0 Å². The number of ketones is 1. The smallest absolute Gasteiger partial charge is 0.173 e. The van der Waals surface area contributed by atoms with Crippen molar-refractivity contribution in [1.29, 1.82) is 0 Å². The summed E-state index contributed by atoms with van der Waals surface area (Å²) in [4.78, 5) is 11.3. The Hall–Kier alpha value is -1.38. The molecule has 0 spiro atoms. The van der Waals surface area contributed by atoms with Gasteiger partial charge in [-0.1, -0.05) is 6.07 Å². The predicted octanol–water partition coefficient (Wildman–Crippen LogP) is 2.49. The van der Waals surface area contributed by atoms with Gasteiger partial charge in [-0.2, -0.15) is 0 Å². The van der Waals surface area contributed by atoms with E-state index < -0.39 is 0 Å². The number of benzene rings is 1. The van der Waals surface area contributed by atoms with Crippen molar-refractivity contribution in [2.75, 3.05) is 6.61 Å². The first-order chi connectivity index (χ1) is 7.16. The first kappa shape index (κ1) is 10.1. The van der Waals surface area contributed by atoms with Crippen LogP contribution >= 0.6 is 0 Å². The molecule has 0 aliphatic heterocycles. The molecule has 0 saturated heterocycles. The van der Waals surface area contributed by atoms with Crippen molar-refractivity contribution in [2.24, 2.45) is 5.92 Å². The summed E-state index contributed by atoms with van der Waals surface area (Å²) in [6.07, 6.45) is 1.95. The van der Waals surface area contributed by atoms with Crippen molar-refractivity contribution in [2.45, 2.75) is 19.8 Å². The van der Waals surface area contributed by atoms with Gasteiger partial charge in [-0.25, -0.2) is 4.39 Å². The van der Waals surface area contributed by atoms with Crippen LogP contribution in [0.3, 0.4) is 0 Å². The topological polar surface area (TPSA) is 26.3 Å². The van der Waals surface area contributed by atoms with Gasteiger partial charge in [0.1, 0.15) is 18.2 Å². The van der Waals surface area contributed by atoms with E-state index in [0.717, 1.165) is 12.8 Å². The van der Waals surface area contributed by atoms with Gasteiger partial charge in [-0.15, -0.1) is 0 Å². The van der Waals surface area contributed by atoms with E-state index in [4.69, 9.17) is 4.74 Å². The van der Waals surface area contributed by atoms with E-state index in [2.05, 4.69) is 0 Å². The molecular formula is C12H13FO2. The number of carbonyl (C=O) groups excluding carboxylic acids is 1. The van der Waals surface area contributed by atoms with E-state index in [1.165, 1.54) is 6.07 Å². The lowest BCUT2D eigenvalue weighted by Gasteiger charge is -2.05. The molecule has 1 aliphatic rings. The zero-order valence-corrected chi connectivity index (χ0v) is 8.63. The van der Waals surface area contributed by atoms with Gasteiger partial charge < -0.3 is 4.74 Å². The summed E-state index contributed by atoms with van der Waals surface area (Å²) in [6, 6.07) is 4.64. The number of rotatable bonds is 4. The maximum absolute atomic E-state index is 13.1. The molecule has 15 heavy (non-hydrogen) atoms. The van der Waals surface area contributed by atoms with E-state index in [0.29, 0.717) is 11.3 Å². The van der Waals surface area contributed by atoms with Crippen molar-refractivity contribution < 1.29 is 13.9 Å². The fraction of sp³-hybridized carbons (Fsp3) is 0.417. The van der Waals surface area contributed by atoms with Crippen LogP contribution in [0.25, 0.3) is 0 Å². The zero-order valence-electron chi connectivity index (χ0n) is 8.63. The largest absolute Gasteiger partial charge is 0.486 e. The average Bonchev–Trinajstić information content (AvgIpc) is 3.03. The van der Waals surface area contributed by atoms with Crippen LogP contribution in [0.5, 0.6) is 5.75 Å². The molecule has 0 radical (unpaired) electrons. The number of ether oxygens (including phenoxy) is 1. The van der Waals surface area contributed by atoms with Crippen LogP contribution in [0, 0.1) is 18.7 Å². The minimum absolute atomic E-state index is 0.0627. The van der Waals surface area contributed by atoms with Crippen LogP contribution in [0.4, 0.5) is 4.39 Å². The molecule has 1 aliphatic carbocycles. The zero-order chi connectivity index (χ0) is 10.8. The molecular weight excluding hydrogens is 195 g/mol. The molecule has 2 nitrogen and oxygen atoms in total. The van der Waals surface area contributed by atoms with Crippen LogP contribution in [0.1, 0.15) is 18.4 Å². The van der Waals surface area contributed by atoms with Crippen molar-refractivity contribution in [3.05, 3.63) is 29.6 Å². The molecule has 1 fully saturated rings. The molecule has 0 heterocycles. The fourth-order valence-corrected chi connectivity index (χ4v) is 1.34. The normalized spacial score (nSPS) is 15.1. The van der Waals surface area contributed by atoms with Gasteiger partial charge in [0, 0.05) is 12.0 Å². The van der Waals surface area contributed by atoms with Crippen LogP contribution < -0.4 is 4.74 Å². The lowest BCUT2D eigenvalue weighted by molar-refractivity contribution is -0.122. The van der Waals surface area contributed by atoms with E-state index >= 15 is 0 Å². The fourth-order valence-electron chi connectivity index (χ4n) is 1.34. The molecule has 1 aromatic rings. The Kier molecular flexibility index (Phi) is 2.71. The summed E-state index contributed by atoms with van der Waals surface area (Å²) in [5.41, 5.74) is 0.580. The summed E-state index contributed by atoms with van der Waals surface area (Å²) < 4.78 is 18.3. The minimum atomic E-state index is -0.300. The third-order valence-electron chi connectivity index (χ3n) is 2.56. The van der Waals surface area contributed by atoms with E-state index in [1.54, 1.807) is 19.1 Å². The first-order valence-electron chi connectivity index (χ1n) is 5.08. The van der Waals surface area contributed by atoms with Crippen LogP contribution in [0.2, 0.25) is 0 Å². The Labute approximate surface area is 88.1 Å². The average molecular weight is 208 g/mol. The van der Waals surface area contributed by atoms with Gasteiger partial charge in [-0.3, -0.25) is 4.79 Å². The molecule has 0 bridgehead atoms. The molecule has 0 aromatic heterocycles. The van der Waals surface area contributed by atoms with E-state index in [-0.39, 0.29) is 24.1 Å². The summed E-state index contributed by atoms with van der Waals surface area (Å²) in [6.45, 7) is 1.75. The van der Waals surface area contributed by atoms with Crippen LogP contribution in [0.15, 0.2) is 18.2 Å². The summed E-state index contributed by atoms with van der Waals surface area (Å²) in [5, 5.41) is 0. The van der Waals surface area contributed by atoms with Gasteiger partial charge in [-0.05, 0) is 31.4 Å².